The van der Waals surface area contributed by atoms with Gasteiger partial charge in [-0.25, -0.2) is 5.43 Å². The Hall–Kier alpha value is -4.11. The molecule has 0 aliphatic carbocycles. The van der Waals surface area contributed by atoms with E-state index in [1.54, 1.807) is 32.4 Å². The van der Waals surface area contributed by atoms with Crippen LogP contribution >= 0.6 is 11.8 Å². The van der Waals surface area contributed by atoms with E-state index in [1.807, 2.05) is 65.2 Å². The van der Waals surface area contributed by atoms with Crippen LogP contribution in [-0.4, -0.2) is 46.9 Å². The van der Waals surface area contributed by atoms with Crippen LogP contribution in [0.4, 0.5) is 0 Å². The van der Waals surface area contributed by atoms with Gasteiger partial charge in [-0.3, -0.25) is 9.36 Å². The maximum absolute atomic E-state index is 12.4. The molecule has 4 rings (SSSR count). The van der Waals surface area contributed by atoms with Crippen LogP contribution in [0.3, 0.4) is 0 Å². The van der Waals surface area contributed by atoms with Gasteiger partial charge in [0.05, 0.1) is 26.2 Å². The first-order chi connectivity index (χ1) is 16.7. The summed E-state index contributed by atoms with van der Waals surface area (Å²) in [5.41, 5.74) is 5.11. The van der Waals surface area contributed by atoms with E-state index in [0.717, 1.165) is 11.3 Å². The third-order valence-electron chi connectivity index (χ3n) is 4.85. The first kappa shape index (κ1) is 23.1. The van der Waals surface area contributed by atoms with Crippen LogP contribution < -0.4 is 14.9 Å². The highest BCUT2D eigenvalue weighted by molar-refractivity contribution is 7.99. The summed E-state index contributed by atoms with van der Waals surface area (Å²) in [6.45, 7) is 0. The van der Waals surface area contributed by atoms with Crippen LogP contribution in [0.1, 0.15) is 5.56 Å². The van der Waals surface area contributed by atoms with Crippen LogP contribution in [0.15, 0.2) is 89.1 Å². The lowest BCUT2D eigenvalue weighted by Crippen LogP contribution is -2.20. The molecular weight excluding hydrogens is 450 g/mol. The van der Waals surface area contributed by atoms with Crippen molar-refractivity contribution in [1.82, 2.24) is 20.2 Å². The minimum Gasteiger partial charge on any atom is -0.497 e. The van der Waals surface area contributed by atoms with Gasteiger partial charge in [0.2, 0.25) is 0 Å². The Morgan fingerprint density at radius 1 is 1.00 bits per heavy atom. The van der Waals surface area contributed by atoms with Gasteiger partial charge >= 0.3 is 0 Å². The number of benzene rings is 3. The molecule has 9 heteroatoms. The molecule has 8 nitrogen and oxygen atoms in total. The number of aromatic nitrogens is 3. The summed E-state index contributed by atoms with van der Waals surface area (Å²) >= 11 is 1.29. The molecule has 0 saturated carbocycles. The molecule has 0 bridgehead atoms. The quantitative estimate of drug-likeness (QED) is 0.223. The Morgan fingerprint density at radius 3 is 2.44 bits per heavy atom. The fourth-order valence-corrected chi connectivity index (χ4v) is 3.95. The Kier molecular flexibility index (Phi) is 7.56. The topological polar surface area (TPSA) is 90.6 Å². The van der Waals surface area contributed by atoms with E-state index in [9.17, 15) is 4.79 Å². The van der Waals surface area contributed by atoms with Crippen molar-refractivity contribution < 1.29 is 14.3 Å². The van der Waals surface area contributed by atoms with Crippen molar-refractivity contribution in [2.75, 3.05) is 20.0 Å². The zero-order valence-corrected chi connectivity index (χ0v) is 19.5. The van der Waals surface area contributed by atoms with Gasteiger partial charge in [-0.2, -0.15) is 5.10 Å². The summed E-state index contributed by atoms with van der Waals surface area (Å²) in [6.07, 6.45) is 1.53. The number of hydrogen-bond donors (Lipinski definition) is 1. The maximum atomic E-state index is 12.4. The molecule has 1 amide bonds. The number of nitrogens with one attached hydrogen (secondary N) is 1. The van der Waals surface area contributed by atoms with E-state index in [4.69, 9.17) is 9.47 Å². The summed E-state index contributed by atoms with van der Waals surface area (Å²) in [5, 5.41) is 13.4. The van der Waals surface area contributed by atoms with E-state index in [1.165, 1.54) is 18.0 Å². The van der Waals surface area contributed by atoms with E-state index in [-0.39, 0.29) is 11.7 Å². The van der Waals surface area contributed by atoms with Crippen LogP contribution in [-0.2, 0) is 4.79 Å². The number of methoxy groups -OCH3 is 2. The van der Waals surface area contributed by atoms with Gasteiger partial charge in [-0.15, -0.1) is 10.2 Å². The lowest BCUT2D eigenvalue weighted by molar-refractivity contribution is -0.118. The molecule has 0 saturated heterocycles. The van der Waals surface area contributed by atoms with Crippen molar-refractivity contribution in [1.29, 1.82) is 0 Å². The smallest absolute Gasteiger partial charge is 0.250 e. The number of thioether (sulfide) groups is 1. The first-order valence-corrected chi connectivity index (χ1v) is 11.4. The summed E-state index contributed by atoms with van der Waals surface area (Å²) in [4.78, 5) is 12.4. The van der Waals surface area contributed by atoms with Crippen molar-refractivity contribution in [2.45, 2.75) is 5.16 Å². The van der Waals surface area contributed by atoms with Gasteiger partial charge in [0.15, 0.2) is 11.0 Å². The molecule has 0 atom stereocenters. The molecule has 34 heavy (non-hydrogen) atoms. The summed E-state index contributed by atoms with van der Waals surface area (Å²) < 4.78 is 12.5. The number of amides is 1. The molecule has 0 aliphatic rings. The molecule has 172 valence electrons. The average Bonchev–Trinajstić information content (AvgIpc) is 3.32. The van der Waals surface area contributed by atoms with Crippen LogP contribution in [0, 0.1) is 0 Å². The molecule has 4 aromatic rings. The minimum absolute atomic E-state index is 0.122. The number of carbonyl (C=O) groups is 1. The Morgan fingerprint density at radius 2 is 1.74 bits per heavy atom. The fourth-order valence-electron chi connectivity index (χ4n) is 3.21. The predicted molar refractivity (Wildman–Crippen MR) is 133 cm³/mol. The summed E-state index contributed by atoms with van der Waals surface area (Å²) in [6, 6.07) is 25.0. The molecule has 3 aromatic carbocycles. The lowest BCUT2D eigenvalue weighted by atomic mass is 10.2. The summed E-state index contributed by atoms with van der Waals surface area (Å²) in [7, 11) is 3.15. The average molecular weight is 474 g/mol. The Labute approximate surface area is 201 Å². The molecule has 0 unspecified atom stereocenters. The predicted octanol–water partition coefficient (Wildman–Crippen LogP) is 4.19. The van der Waals surface area contributed by atoms with Crippen molar-refractivity contribution >= 4 is 23.9 Å². The van der Waals surface area contributed by atoms with E-state index < -0.39 is 0 Å². The zero-order valence-electron chi connectivity index (χ0n) is 18.7. The van der Waals surface area contributed by atoms with Gasteiger partial charge in [0, 0.05) is 22.9 Å². The normalized spacial score (nSPS) is 10.9. The van der Waals surface area contributed by atoms with Crippen molar-refractivity contribution in [3.05, 3.63) is 84.4 Å². The maximum Gasteiger partial charge on any atom is 0.250 e. The van der Waals surface area contributed by atoms with E-state index in [2.05, 4.69) is 20.7 Å². The molecule has 0 aliphatic heterocycles. The Bertz CT molecular complexity index is 1280. The van der Waals surface area contributed by atoms with Gasteiger partial charge in [-0.1, -0.05) is 60.3 Å². The monoisotopic (exact) mass is 473 g/mol. The van der Waals surface area contributed by atoms with Crippen LogP contribution in [0.5, 0.6) is 11.5 Å². The third-order valence-corrected chi connectivity index (χ3v) is 5.77. The first-order valence-electron chi connectivity index (χ1n) is 10.4. The van der Waals surface area contributed by atoms with Gasteiger partial charge in [0.1, 0.15) is 11.5 Å². The van der Waals surface area contributed by atoms with Crippen molar-refractivity contribution in [2.24, 2.45) is 5.10 Å². The van der Waals surface area contributed by atoms with Crippen LogP contribution in [0.25, 0.3) is 17.1 Å². The van der Waals surface area contributed by atoms with Gasteiger partial charge in [0.25, 0.3) is 5.91 Å². The van der Waals surface area contributed by atoms with E-state index >= 15 is 0 Å². The van der Waals surface area contributed by atoms with E-state index in [0.29, 0.717) is 28.0 Å². The number of rotatable bonds is 9. The van der Waals surface area contributed by atoms with Crippen molar-refractivity contribution in [3.8, 4) is 28.6 Å². The van der Waals surface area contributed by atoms with Crippen LogP contribution in [0.2, 0.25) is 0 Å². The molecule has 1 aromatic heterocycles. The molecule has 0 radical (unpaired) electrons. The number of para-hydroxylation sites is 1. The minimum atomic E-state index is -0.266. The highest BCUT2D eigenvalue weighted by Gasteiger charge is 2.17. The second kappa shape index (κ2) is 11.2. The Balaban J connectivity index is 1.46. The summed E-state index contributed by atoms with van der Waals surface area (Å²) in [5.74, 6) is 1.83. The zero-order chi connectivity index (χ0) is 23.8. The number of nitrogens with zero attached hydrogens (tertiary/aromatic N) is 4. The van der Waals surface area contributed by atoms with Gasteiger partial charge < -0.3 is 9.47 Å². The number of carbonyl (C=O) groups excluding carboxylic acids is 1. The van der Waals surface area contributed by atoms with Crippen molar-refractivity contribution in [3.63, 3.8) is 0 Å². The lowest BCUT2D eigenvalue weighted by Gasteiger charge is -2.10. The number of hydrazone groups is 1. The van der Waals surface area contributed by atoms with Gasteiger partial charge in [-0.05, 0) is 24.3 Å². The highest BCUT2D eigenvalue weighted by atomic mass is 32.2. The number of ether oxygens (including phenoxy) is 2. The second-order valence-corrected chi connectivity index (χ2v) is 7.98. The molecule has 0 fully saturated rings. The third kappa shape index (κ3) is 5.44. The molecule has 0 spiro atoms. The molecule has 1 N–H and O–H groups in total. The largest absolute Gasteiger partial charge is 0.497 e. The fraction of sp³-hybridized carbons (Fsp3) is 0.120. The molecular formula is C25H23N5O3S. The standard InChI is InChI=1S/C25H23N5O3S/c1-32-21-14-13-19(22(15-21)33-2)16-26-27-23(31)17-34-25-29-28-24(18-9-5-3-6-10-18)30(25)20-11-7-4-8-12-20/h3-16H,17H2,1-2H3,(H,27,31). The SMILES string of the molecule is COc1ccc(C=NNC(=O)CSc2nnc(-c3ccccc3)n2-c2ccccc2)c(OC)c1. The second-order valence-electron chi connectivity index (χ2n) is 7.03. The molecule has 1 heterocycles. The highest BCUT2D eigenvalue weighted by Crippen LogP contribution is 2.28. The number of hydrogen-bond acceptors (Lipinski definition) is 7.